The minimum Gasteiger partial charge on any atom is -0.480 e. The number of unbranched alkanes of at least 4 members (excludes halogenated alkanes) is 29. The number of carboxylic acids is 1. The van der Waals surface area contributed by atoms with Crippen LogP contribution in [0.5, 0.6) is 0 Å². The van der Waals surface area contributed by atoms with E-state index in [2.05, 4.69) is 13.8 Å². The number of carbonyl (C=O) groups is 2. The maximum absolute atomic E-state index is 12.6. The fraction of sp³-hybridized carbons (Fsp3) is 0.952. The number of rotatable bonds is 43. The molecule has 3 atom stereocenters. The molecule has 0 bridgehead atoms. The second-order valence-electron chi connectivity index (χ2n) is 15.2. The van der Waals surface area contributed by atoms with Gasteiger partial charge in [0.05, 0.1) is 19.8 Å². The van der Waals surface area contributed by atoms with Gasteiger partial charge >= 0.3 is 19.8 Å². The Morgan fingerprint density at radius 2 is 0.868 bits per heavy atom. The molecule has 1 unspecified atom stereocenters. The number of hydrogen-bond acceptors (Lipinski definition) is 8. The Morgan fingerprint density at radius 1 is 0.528 bits per heavy atom. The number of ether oxygens (including phenoxy) is 2. The Balaban J connectivity index is 4.18. The highest BCUT2D eigenvalue weighted by Gasteiger charge is 2.27. The first-order chi connectivity index (χ1) is 25.7. The number of carboxylic acid groups (broad SMARTS) is 1. The van der Waals surface area contributed by atoms with Gasteiger partial charge in [-0.1, -0.05) is 200 Å². The first kappa shape index (κ1) is 52.0. The van der Waals surface area contributed by atoms with Gasteiger partial charge < -0.3 is 25.2 Å². The second-order valence-corrected chi connectivity index (χ2v) is 16.6. The Labute approximate surface area is 325 Å². The van der Waals surface area contributed by atoms with Gasteiger partial charge in [-0.05, 0) is 12.8 Å². The minimum absolute atomic E-state index is 0.0258. The highest BCUT2D eigenvalue weighted by Crippen LogP contribution is 2.43. The summed E-state index contributed by atoms with van der Waals surface area (Å²) in [5.41, 5.74) is 5.35. The van der Waals surface area contributed by atoms with E-state index in [-0.39, 0.29) is 13.0 Å². The Hall–Kier alpha value is -1.03. The van der Waals surface area contributed by atoms with Gasteiger partial charge in [0.15, 0.2) is 0 Å². The van der Waals surface area contributed by atoms with Crippen LogP contribution in [0.4, 0.5) is 0 Å². The van der Waals surface area contributed by atoms with Crippen LogP contribution in [0.15, 0.2) is 0 Å². The monoisotopic (exact) mass is 778 g/mol. The summed E-state index contributed by atoms with van der Waals surface area (Å²) in [5, 5.41) is 8.89. The predicted molar refractivity (Wildman–Crippen MR) is 217 cm³/mol. The smallest absolute Gasteiger partial charge is 0.472 e. The average Bonchev–Trinajstić information content (AvgIpc) is 3.13. The van der Waals surface area contributed by atoms with Crippen molar-refractivity contribution >= 4 is 19.8 Å². The lowest BCUT2D eigenvalue weighted by Crippen LogP contribution is -2.34. The molecule has 0 heterocycles. The van der Waals surface area contributed by atoms with Crippen molar-refractivity contribution in [2.24, 2.45) is 5.73 Å². The molecular formula is C42H84NO9P. The molecule has 0 aromatic rings. The van der Waals surface area contributed by atoms with Crippen LogP contribution in [-0.4, -0.2) is 60.5 Å². The van der Waals surface area contributed by atoms with Gasteiger partial charge in [-0.25, -0.2) is 4.57 Å². The van der Waals surface area contributed by atoms with Crippen LogP contribution in [0, 0.1) is 0 Å². The number of phosphoric ester groups is 1. The standard InChI is InChI=1S/C42H84NO9P/c1-3-5-7-9-11-13-15-17-19-21-23-25-27-29-31-33-35-49-36-39(37-50-53(47,48)51-38-40(43)42(45)46)52-41(44)34-32-30-28-26-24-22-20-18-16-14-12-10-8-6-4-2/h39-40H,3-38,43H2,1-2H3,(H,45,46)(H,47,48)/t39-,40+/m1/s1. The van der Waals surface area contributed by atoms with Gasteiger partial charge in [-0.15, -0.1) is 0 Å². The molecule has 0 saturated carbocycles. The summed E-state index contributed by atoms with van der Waals surface area (Å²) in [6, 6.07) is -1.47. The molecule has 53 heavy (non-hydrogen) atoms. The summed E-state index contributed by atoms with van der Waals surface area (Å²) in [6.45, 7) is 3.93. The van der Waals surface area contributed by atoms with Gasteiger partial charge in [0.25, 0.3) is 0 Å². The third kappa shape index (κ3) is 39.0. The number of nitrogens with two attached hydrogens (primary N) is 1. The molecule has 0 aliphatic carbocycles. The van der Waals surface area contributed by atoms with Crippen LogP contribution in [0.25, 0.3) is 0 Å². The Morgan fingerprint density at radius 3 is 1.25 bits per heavy atom. The zero-order valence-electron chi connectivity index (χ0n) is 34.4. The van der Waals surface area contributed by atoms with Crippen LogP contribution >= 0.6 is 7.82 Å². The number of phosphoric acid groups is 1. The van der Waals surface area contributed by atoms with E-state index in [1.807, 2.05) is 0 Å². The zero-order chi connectivity index (χ0) is 39.1. The molecule has 0 amide bonds. The lowest BCUT2D eigenvalue weighted by Gasteiger charge is -2.20. The lowest BCUT2D eigenvalue weighted by molar-refractivity contribution is -0.154. The van der Waals surface area contributed by atoms with Gasteiger partial charge in [0, 0.05) is 13.0 Å². The van der Waals surface area contributed by atoms with Gasteiger partial charge in [-0.2, -0.15) is 0 Å². The summed E-state index contributed by atoms with van der Waals surface area (Å²) in [5.74, 6) is -1.76. The van der Waals surface area contributed by atoms with Crippen molar-refractivity contribution in [2.45, 2.75) is 231 Å². The maximum atomic E-state index is 12.6. The van der Waals surface area contributed by atoms with Gasteiger partial charge in [0.2, 0.25) is 0 Å². The summed E-state index contributed by atoms with van der Waals surface area (Å²) >= 11 is 0. The Bertz CT molecular complexity index is 862. The molecule has 0 radical (unpaired) electrons. The van der Waals surface area contributed by atoms with Crippen molar-refractivity contribution in [3.63, 3.8) is 0 Å². The van der Waals surface area contributed by atoms with E-state index >= 15 is 0 Å². The fourth-order valence-electron chi connectivity index (χ4n) is 6.43. The first-order valence-electron chi connectivity index (χ1n) is 22.1. The fourth-order valence-corrected chi connectivity index (χ4v) is 7.21. The number of hydrogen-bond donors (Lipinski definition) is 3. The molecule has 0 aromatic heterocycles. The topological polar surface area (TPSA) is 155 Å². The molecule has 0 aliphatic rings. The third-order valence-electron chi connectivity index (χ3n) is 9.89. The molecule has 0 saturated heterocycles. The number of aliphatic carboxylic acids is 1. The van der Waals surface area contributed by atoms with Crippen molar-refractivity contribution in [3.05, 3.63) is 0 Å². The summed E-state index contributed by atoms with van der Waals surface area (Å²) in [4.78, 5) is 33.5. The van der Waals surface area contributed by atoms with E-state index < -0.39 is 45.1 Å². The van der Waals surface area contributed by atoms with E-state index in [1.165, 1.54) is 161 Å². The highest BCUT2D eigenvalue weighted by molar-refractivity contribution is 7.47. The third-order valence-corrected chi connectivity index (χ3v) is 10.8. The van der Waals surface area contributed by atoms with Gasteiger partial charge in [-0.3, -0.25) is 18.6 Å². The summed E-state index contributed by atoms with van der Waals surface area (Å²) in [6.07, 6.45) is 38.6. The molecule has 0 fully saturated rings. The predicted octanol–water partition coefficient (Wildman–Crippen LogP) is 12.0. The van der Waals surface area contributed by atoms with E-state index in [0.717, 1.165) is 38.5 Å². The first-order valence-corrected chi connectivity index (χ1v) is 23.6. The number of esters is 1. The van der Waals surface area contributed by atoms with Crippen molar-refractivity contribution < 1.29 is 42.7 Å². The van der Waals surface area contributed by atoms with Crippen LogP contribution in [-0.2, 0) is 32.7 Å². The molecular weight excluding hydrogens is 693 g/mol. The number of carbonyl (C=O) groups excluding carboxylic acids is 1. The van der Waals surface area contributed by atoms with E-state index in [9.17, 15) is 19.0 Å². The van der Waals surface area contributed by atoms with E-state index in [4.69, 9.17) is 29.4 Å². The minimum atomic E-state index is -4.61. The average molecular weight is 778 g/mol. The normalized spacial score (nSPS) is 13.9. The van der Waals surface area contributed by atoms with Crippen LogP contribution < -0.4 is 5.73 Å². The quantitative estimate of drug-likeness (QED) is 0.0309. The lowest BCUT2D eigenvalue weighted by atomic mass is 10.0. The van der Waals surface area contributed by atoms with Crippen molar-refractivity contribution in [3.8, 4) is 0 Å². The van der Waals surface area contributed by atoms with Crippen molar-refractivity contribution in [1.82, 2.24) is 0 Å². The molecule has 0 aliphatic heterocycles. The molecule has 0 aromatic carbocycles. The van der Waals surface area contributed by atoms with Crippen molar-refractivity contribution in [2.75, 3.05) is 26.4 Å². The van der Waals surface area contributed by atoms with Gasteiger partial charge in [0.1, 0.15) is 12.1 Å². The van der Waals surface area contributed by atoms with Crippen LogP contribution in [0.3, 0.4) is 0 Å². The SMILES string of the molecule is CCCCCCCCCCCCCCCCCCOC[C@H](COP(=O)(O)OC[C@H](N)C(=O)O)OC(=O)CCCCCCCCCCCCCCCCC. The molecule has 0 spiro atoms. The largest absolute Gasteiger partial charge is 0.480 e. The second kappa shape index (κ2) is 39.2. The molecule has 0 rings (SSSR count). The summed E-state index contributed by atoms with van der Waals surface area (Å²) < 4.78 is 33.4. The zero-order valence-corrected chi connectivity index (χ0v) is 35.3. The van der Waals surface area contributed by atoms with E-state index in [0.29, 0.717) is 6.61 Å². The van der Waals surface area contributed by atoms with Crippen LogP contribution in [0.1, 0.15) is 219 Å². The Kier molecular flexibility index (Phi) is 38.5. The maximum Gasteiger partial charge on any atom is 0.472 e. The van der Waals surface area contributed by atoms with E-state index in [1.54, 1.807) is 0 Å². The highest BCUT2D eigenvalue weighted by atomic mass is 31.2. The molecule has 4 N–H and O–H groups in total. The summed E-state index contributed by atoms with van der Waals surface area (Å²) in [7, 11) is -4.61. The van der Waals surface area contributed by atoms with Crippen molar-refractivity contribution in [1.29, 1.82) is 0 Å². The molecule has 11 heteroatoms. The molecule has 316 valence electrons. The van der Waals surface area contributed by atoms with Crippen LogP contribution in [0.2, 0.25) is 0 Å². The molecule has 10 nitrogen and oxygen atoms in total.